The highest BCUT2D eigenvalue weighted by atomic mass is 19.1. The lowest BCUT2D eigenvalue weighted by atomic mass is 10.1. The first-order chi connectivity index (χ1) is 11.1. The van der Waals surface area contributed by atoms with Crippen LogP contribution in [0, 0.1) is 5.82 Å². The predicted octanol–water partition coefficient (Wildman–Crippen LogP) is 2.27. The van der Waals surface area contributed by atoms with Crippen LogP contribution in [0.1, 0.15) is 25.3 Å². The summed E-state index contributed by atoms with van der Waals surface area (Å²) in [6.07, 6.45) is 2.11. The van der Waals surface area contributed by atoms with E-state index in [-0.39, 0.29) is 17.5 Å². The Bertz CT molecular complexity index is 615. The molecule has 3 rings (SSSR count). The highest BCUT2D eigenvalue weighted by Crippen LogP contribution is 2.27. The van der Waals surface area contributed by atoms with Gasteiger partial charge in [-0.15, -0.1) is 0 Å². The predicted molar refractivity (Wildman–Crippen MR) is 84.7 cm³/mol. The Labute approximate surface area is 135 Å². The van der Waals surface area contributed by atoms with E-state index in [0.717, 1.165) is 24.9 Å². The largest absolute Gasteiger partial charge is 0.508 e. The minimum atomic E-state index is -0.285. The zero-order valence-electron chi connectivity index (χ0n) is 13.3. The first-order valence-corrected chi connectivity index (χ1v) is 8.08. The van der Waals surface area contributed by atoms with Crippen molar-refractivity contribution in [1.29, 1.82) is 0 Å². The van der Waals surface area contributed by atoms with Crippen LogP contribution >= 0.6 is 0 Å². The summed E-state index contributed by atoms with van der Waals surface area (Å²) in [4.78, 5) is 14.4. The SMILES string of the molecule is CCCCN1CC(O)=C2C(=O)N(Cc3ccc(F)cc3)CCN21. The van der Waals surface area contributed by atoms with Gasteiger partial charge in [0.2, 0.25) is 0 Å². The summed E-state index contributed by atoms with van der Waals surface area (Å²) in [5.74, 6) is -0.292. The molecule has 1 aromatic carbocycles. The Morgan fingerprint density at radius 3 is 2.65 bits per heavy atom. The van der Waals surface area contributed by atoms with Crippen LogP contribution in [0.5, 0.6) is 0 Å². The minimum Gasteiger partial charge on any atom is -0.508 e. The molecule has 2 heterocycles. The number of hydrazine groups is 1. The molecule has 2 aliphatic rings. The average Bonchev–Trinajstić information content (AvgIpc) is 2.87. The Hall–Kier alpha value is -2.08. The van der Waals surface area contributed by atoms with Crippen molar-refractivity contribution in [3.63, 3.8) is 0 Å². The Balaban J connectivity index is 1.70. The van der Waals surface area contributed by atoms with Gasteiger partial charge in [-0.1, -0.05) is 25.5 Å². The fourth-order valence-electron chi connectivity index (χ4n) is 3.08. The lowest BCUT2D eigenvalue weighted by Crippen LogP contribution is -2.51. The number of benzene rings is 1. The third kappa shape index (κ3) is 3.17. The van der Waals surface area contributed by atoms with Crippen LogP contribution in [0.25, 0.3) is 0 Å². The van der Waals surface area contributed by atoms with Crippen LogP contribution in [0.15, 0.2) is 35.7 Å². The number of aliphatic hydroxyl groups is 1. The number of piperazine rings is 1. The molecule has 0 unspecified atom stereocenters. The second-order valence-electron chi connectivity index (χ2n) is 6.01. The van der Waals surface area contributed by atoms with Gasteiger partial charge < -0.3 is 10.0 Å². The highest BCUT2D eigenvalue weighted by Gasteiger charge is 2.39. The highest BCUT2D eigenvalue weighted by molar-refractivity contribution is 5.94. The van der Waals surface area contributed by atoms with Gasteiger partial charge in [0.15, 0.2) is 5.70 Å². The van der Waals surface area contributed by atoms with Gasteiger partial charge >= 0.3 is 0 Å². The molecule has 0 aliphatic carbocycles. The molecule has 0 radical (unpaired) electrons. The number of carbonyl (C=O) groups excluding carboxylic acids is 1. The van der Waals surface area contributed by atoms with E-state index < -0.39 is 0 Å². The van der Waals surface area contributed by atoms with E-state index in [1.165, 1.54) is 12.1 Å². The van der Waals surface area contributed by atoms with Crippen LogP contribution in [0.3, 0.4) is 0 Å². The van der Waals surface area contributed by atoms with Crippen molar-refractivity contribution in [2.24, 2.45) is 0 Å². The summed E-state index contributed by atoms with van der Waals surface area (Å²) in [7, 11) is 0. The molecule has 0 saturated carbocycles. The molecule has 5 nitrogen and oxygen atoms in total. The van der Waals surface area contributed by atoms with Gasteiger partial charge in [-0.05, 0) is 24.1 Å². The van der Waals surface area contributed by atoms with Gasteiger partial charge in [0.25, 0.3) is 5.91 Å². The summed E-state index contributed by atoms with van der Waals surface area (Å²) in [6, 6.07) is 6.17. The molecular formula is C17H22FN3O2. The first-order valence-electron chi connectivity index (χ1n) is 8.08. The third-order valence-corrected chi connectivity index (χ3v) is 4.33. The molecule has 1 N–H and O–H groups in total. The van der Waals surface area contributed by atoms with Crippen molar-refractivity contribution < 1.29 is 14.3 Å². The fourth-order valence-corrected chi connectivity index (χ4v) is 3.08. The average molecular weight is 319 g/mol. The van der Waals surface area contributed by atoms with E-state index in [4.69, 9.17) is 0 Å². The van der Waals surface area contributed by atoms with E-state index >= 15 is 0 Å². The van der Waals surface area contributed by atoms with Crippen molar-refractivity contribution in [2.45, 2.75) is 26.3 Å². The summed E-state index contributed by atoms with van der Waals surface area (Å²) in [5.41, 5.74) is 1.28. The lowest BCUT2D eigenvalue weighted by Gasteiger charge is -2.38. The number of aliphatic hydroxyl groups excluding tert-OH is 1. The summed E-state index contributed by atoms with van der Waals surface area (Å²) >= 11 is 0. The second-order valence-corrected chi connectivity index (χ2v) is 6.01. The molecule has 2 aliphatic heterocycles. The molecule has 1 aromatic rings. The Morgan fingerprint density at radius 2 is 1.96 bits per heavy atom. The minimum absolute atomic E-state index is 0.148. The number of carbonyl (C=O) groups is 1. The van der Waals surface area contributed by atoms with Crippen LogP contribution in [0.4, 0.5) is 4.39 Å². The summed E-state index contributed by atoms with van der Waals surface area (Å²) in [5, 5.41) is 14.1. The van der Waals surface area contributed by atoms with Gasteiger partial charge in [0.1, 0.15) is 11.6 Å². The number of halogens is 1. The zero-order valence-corrected chi connectivity index (χ0v) is 13.3. The van der Waals surface area contributed by atoms with Crippen molar-refractivity contribution in [1.82, 2.24) is 14.9 Å². The Kier molecular flexibility index (Phi) is 4.52. The number of hydrogen-bond donors (Lipinski definition) is 1. The molecule has 23 heavy (non-hydrogen) atoms. The van der Waals surface area contributed by atoms with E-state index in [0.29, 0.717) is 31.9 Å². The van der Waals surface area contributed by atoms with E-state index in [2.05, 4.69) is 6.92 Å². The van der Waals surface area contributed by atoms with E-state index in [1.807, 2.05) is 10.0 Å². The molecule has 0 spiro atoms. The van der Waals surface area contributed by atoms with Gasteiger partial charge in [-0.25, -0.2) is 9.40 Å². The van der Waals surface area contributed by atoms with Crippen LogP contribution in [-0.2, 0) is 11.3 Å². The maximum atomic E-state index is 13.0. The Morgan fingerprint density at radius 1 is 1.22 bits per heavy atom. The van der Waals surface area contributed by atoms with Gasteiger partial charge in [0, 0.05) is 19.6 Å². The van der Waals surface area contributed by atoms with Crippen LogP contribution < -0.4 is 0 Å². The molecule has 0 aromatic heterocycles. The quantitative estimate of drug-likeness (QED) is 0.904. The number of nitrogens with zero attached hydrogens (tertiary/aromatic N) is 3. The number of amides is 1. The van der Waals surface area contributed by atoms with Crippen molar-refractivity contribution >= 4 is 5.91 Å². The lowest BCUT2D eigenvalue weighted by molar-refractivity contribution is -0.136. The van der Waals surface area contributed by atoms with Crippen LogP contribution in [0.2, 0.25) is 0 Å². The first kappa shape index (κ1) is 15.8. The van der Waals surface area contributed by atoms with Crippen molar-refractivity contribution in [2.75, 3.05) is 26.2 Å². The number of fused-ring (bicyclic) bond motifs is 1. The topological polar surface area (TPSA) is 47.0 Å². The molecule has 6 heteroatoms. The second kappa shape index (κ2) is 6.58. The standard InChI is InChI=1S/C17H22FN3O2/c1-2-3-8-20-12-15(22)16-17(23)19(9-10-21(16)20)11-13-4-6-14(18)7-5-13/h4-7,22H,2-3,8-12H2,1H3. The number of hydrogen-bond acceptors (Lipinski definition) is 4. The molecule has 0 atom stereocenters. The third-order valence-electron chi connectivity index (χ3n) is 4.33. The monoisotopic (exact) mass is 319 g/mol. The molecule has 124 valence electrons. The summed E-state index contributed by atoms with van der Waals surface area (Å²) in [6.45, 7) is 5.07. The van der Waals surface area contributed by atoms with Crippen molar-refractivity contribution in [3.8, 4) is 0 Å². The number of unbranched alkanes of at least 4 members (excludes halogenated alkanes) is 1. The van der Waals surface area contributed by atoms with E-state index in [9.17, 15) is 14.3 Å². The normalized spacial score (nSPS) is 18.8. The fraction of sp³-hybridized carbons (Fsp3) is 0.471. The smallest absolute Gasteiger partial charge is 0.275 e. The maximum absolute atomic E-state index is 13.0. The molecular weight excluding hydrogens is 297 g/mol. The molecule has 1 fully saturated rings. The molecule has 1 amide bonds. The van der Waals surface area contributed by atoms with Crippen LogP contribution in [-0.4, -0.2) is 52.1 Å². The number of rotatable bonds is 5. The van der Waals surface area contributed by atoms with E-state index in [1.54, 1.807) is 17.0 Å². The van der Waals surface area contributed by atoms with Gasteiger partial charge in [-0.2, -0.15) is 0 Å². The van der Waals surface area contributed by atoms with Crippen molar-refractivity contribution in [3.05, 3.63) is 47.1 Å². The van der Waals surface area contributed by atoms with Gasteiger partial charge in [0.05, 0.1) is 13.1 Å². The maximum Gasteiger partial charge on any atom is 0.275 e. The molecule has 0 bridgehead atoms. The molecule has 1 saturated heterocycles. The zero-order chi connectivity index (χ0) is 16.4. The summed E-state index contributed by atoms with van der Waals surface area (Å²) < 4.78 is 13.0. The van der Waals surface area contributed by atoms with Gasteiger partial charge in [-0.3, -0.25) is 9.80 Å².